The largest absolute Gasteiger partial charge is 0.481 e. The normalized spacial score (nSPS) is 13.9. The predicted molar refractivity (Wildman–Crippen MR) is 59.8 cm³/mol. The van der Waals surface area contributed by atoms with Crippen molar-refractivity contribution in [1.82, 2.24) is 5.32 Å². The second-order valence-electron chi connectivity index (χ2n) is 4.88. The van der Waals surface area contributed by atoms with E-state index in [0.29, 0.717) is 19.4 Å². The van der Waals surface area contributed by atoms with E-state index in [1.54, 1.807) is 0 Å². The first-order valence-corrected chi connectivity index (χ1v) is 5.44. The molecular formula is C11H23NO3. The van der Waals surface area contributed by atoms with Crippen LogP contribution in [0.3, 0.4) is 0 Å². The number of aliphatic carboxylic acids is 1. The summed E-state index contributed by atoms with van der Waals surface area (Å²) in [5.74, 6) is -0.758. The Hall–Kier alpha value is -0.610. The van der Waals surface area contributed by atoms with Crippen LogP contribution in [-0.2, 0) is 4.79 Å². The van der Waals surface area contributed by atoms with E-state index in [1.165, 1.54) is 0 Å². The van der Waals surface area contributed by atoms with Gasteiger partial charge < -0.3 is 15.5 Å². The minimum atomic E-state index is -0.758. The number of carboxylic acid groups (broad SMARTS) is 1. The van der Waals surface area contributed by atoms with E-state index >= 15 is 0 Å². The van der Waals surface area contributed by atoms with Crippen molar-refractivity contribution in [2.45, 2.75) is 46.1 Å². The van der Waals surface area contributed by atoms with Crippen molar-refractivity contribution in [3.63, 3.8) is 0 Å². The molecule has 15 heavy (non-hydrogen) atoms. The molecule has 0 rings (SSSR count). The van der Waals surface area contributed by atoms with Gasteiger partial charge in [0.2, 0.25) is 0 Å². The van der Waals surface area contributed by atoms with Gasteiger partial charge in [-0.2, -0.15) is 0 Å². The summed E-state index contributed by atoms with van der Waals surface area (Å²) in [6, 6.07) is 0.233. The summed E-state index contributed by atoms with van der Waals surface area (Å²) in [6.45, 7) is 7.18. The predicted octanol–water partition coefficient (Wildman–Crippen LogP) is 1.24. The molecule has 0 heterocycles. The summed E-state index contributed by atoms with van der Waals surface area (Å²) in [6.07, 6.45) is 1.53. The Morgan fingerprint density at radius 1 is 1.40 bits per heavy atom. The molecular weight excluding hydrogens is 194 g/mol. The second-order valence-corrected chi connectivity index (χ2v) is 4.88. The molecule has 90 valence electrons. The van der Waals surface area contributed by atoms with Gasteiger partial charge in [-0.05, 0) is 24.8 Å². The Kier molecular flexibility index (Phi) is 6.52. The summed E-state index contributed by atoms with van der Waals surface area (Å²) in [5, 5.41) is 20.7. The van der Waals surface area contributed by atoms with Gasteiger partial charge in [0.25, 0.3) is 0 Å². The van der Waals surface area contributed by atoms with Crippen LogP contribution in [0.25, 0.3) is 0 Å². The van der Waals surface area contributed by atoms with E-state index in [0.717, 1.165) is 0 Å². The van der Waals surface area contributed by atoms with E-state index in [4.69, 9.17) is 10.2 Å². The molecule has 0 saturated carbocycles. The number of carboxylic acids is 1. The van der Waals surface area contributed by atoms with Crippen LogP contribution in [0.15, 0.2) is 0 Å². The van der Waals surface area contributed by atoms with Gasteiger partial charge in [-0.15, -0.1) is 0 Å². The highest BCUT2D eigenvalue weighted by molar-refractivity contribution is 5.66. The van der Waals surface area contributed by atoms with Crippen LogP contribution in [0.5, 0.6) is 0 Å². The van der Waals surface area contributed by atoms with Crippen LogP contribution in [0.4, 0.5) is 0 Å². The third-order valence-corrected chi connectivity index (χ3v) is 2.42. The molecule has 0 aliphatic carbocycles. The van der Waals surface area contributed by atoms with Gasteiger partial charge in [0.15, 0.2) is 0 Å². The molecule has 3 N–H and O–H groups in total. The lowest BCUT2D eigenvalue weighted by Crippen LogP contribution is -2.41. The maximum Gasteiger partial charge on any atom is 0.303 e. The molecule has 4 nitrogen and oxygen atoms in total. The molecule has 1 atom stereocenters. The third-order valence-electron chi connectivity index (χ3n) is 2.42. The van der Waals surface area contributed by atoms with E-state index in [2.05, 4.69) is 26.1 Å². The molecule has 0 radical (unpaired) electrons. The van der Waals surface area contributed by atoms with E-state index in [-0.39, 0.29) is 24.5 Å². The van der Waals surface area contributed by atoms with Gasteiger partial charge in [0, 0.05) is 19.1 Å². The number of hydrogen-bond donors (Lipinski definition) is 3. The van der Waals surface area contributed by atoms with Gasteiger partial charge >= 0.3 is 5.97 Å². The smallest absolute Gasteiger partial charge is 0.303 e. The van der Waals surface area contributed by atoms with Gasteiger partial charge in [0.1, 0.15) is 0 Å². The highest BCUT2D eigenvalue weighted by atomic mass is 16.4. The molecule has 0 aromatic rings. The van der Waals surface area contributed by atoms with E-state index < -0.39 is 5.97 Å². The molecule has 0 spiro atoms. The third kappa shape index (κ3) is 7.33. The van der Waals surface area contributed by atoms with Crippen LogP contribution in [0.1, 0.15) is 40.0 Å². The lowest BCUT2D eigenvalue weighted by molar-refractivity contribution is -0.137. The Bertz CT molecular complexity index is 187. The summed E-state index contributed by atoms with van der Waals surface area (Å²) >= 11 is 0. The number of rotatable bonds is 7. The Morgan fingerprint density at radius 2 is 2.00 bits per heavy atom. The number of aliphatic hydroxyl groups excluding tert-OH is 1. The zero-order chi connectivity index (χ0) is 11.9. The average Bonchev–Trinajstić information content (AvgIpc) is 2.08. The fourth-order valence-corrected chi connectivity index (χ4v) is 1.49. The molecule has 0 saturated heterocycles. The first-order valence-electron chi connectivity index (χ1n) is 5.44. The van der Waals surface area contributed by atoms with Crippen molar-refractivity contribution in [2.24, 2.45) is 5.41 Å². The Labute approximate surface area is 91.7 Å². The molecule has 4 heteroatoms. The van der Waals surface area contributed by atoms with Crippen LogP contribution >= 0.6 is 0 Å². The Morgan fingerprint density at radius 3 is 2.40 bits per heavy atom. The summed E-state index contributed by atoms with van der Waals surface area (Å²) < 4.78 is 0. The van der Waals surface area contributed by atoms with E-state index in [9.17, 15) is 4.79 Å². The van der Waals surface area contributed by atoms with Gasteiger partial charge in [-0.25, -0.2) is 0 Å². The lowest BCUT2D eigenvalue weighted by atomic mass is 9.85. The van der Waals surface area contributed by atoms with Crippen LogP contribution in [0, 0.1) is 5.41 Å². The molecule has 0 aromatic carbocycles. The fourth-order valence-electron chi connectivity index (χ4n) is 1.49. The van der Waals surface area contributed by atoms with E-state index in [1.807, 2.05) is 0 Å². The average molecular weight is 217 g/mol. The molecule has 0 aliphatic rings. The minimum Gasteiger partial charge on any atom is -0.481 e. The molecule has 0 bridgehead atoms. The van der Waals surface area contributed by atoms with Crippen molar-refractivity contribution in [2.75, 3.05) is 13.2 Å². The molecule has 0 aromatic heterocycles. The van der Waals surface area contributed by atoms with Gasteiger partial charge in [-0.1, -0.05) is 20.8 Å². The van der Waals surface area contributed by atoms with Gasteiger partial charge in [0.05, 0.1) is 0 Å². The van der Waals surface area contributed by atoms with Crippen LogP contribution < -0.4 is 5.32 Å². The summed E-state index contributed by atoms with van der Waals surface area (Å²) in [4.78, 5) is 10.3. The monoisotopic (exact) mass is 217 g/mol. The highest BCUT2D eigenvalue weighted by Crippen LogP contribution is 2.21. The van der Waals surface area contributed by atoms with Crippen molar-refractivity contribution < 1.29 is 15.0 Å². The maximum absolute atomic E-state index is 10.3. The van der Waals surface area contributed by atoms with Crippen molar-refractivity contribution >= 4 is 5.97 Å². The zero-order valence-electron chi connectivity index (χ0n) is 9.92. The fraction of sp³-hybridized carbons (Fsp3) is 0.909. The zero-order valence-corrected chi connectivity index (χ0v) is 9.92. The molecule has 0 amide bonds. The Balaban J connectivity index is 3.82. The van der Waals surface area contributed by atoms with Crippen molar-refractivity contribution in [3.8, 4) is 0 Å². The van der Waals surface area contributed by atoms with Crippen molar-refractivity contribution in [3.05, 3.63) is 0 Å². The highest BCUT2D eigenvalue weighted by Gasteiger charge is 2.23. The summed E-state index contributed by atoms with van der Waals surface area (Å²) in [5.41, 5.74) is 0.0892. The van der Waals surface area contributed by atoms with Gasteiger partial charge in [-0.3, -0.25) is 4.79 Å². The quantitative estimate of drug-likeness (QED) is 0.561. The number of nitrogens with one attached hydrogen (secondary N) is 1. The second kappa shape index (κ2) is 6.80. The lowest BCUT2D eigenvalue weighted by Gasteiger charge is -2.31. The van der Waals surface area contributed by atoms with Crippen LogP contribution in [-0.4, -0.2) is 35.4 Å². The summed E-state index contributed by atoms with van der Waals surface area (Å²) in [7, 11) is 0. The first-order chi connectivity index (χ1) is 6.88. The molecule has 0 fully saturated rings. The topological polar surface area (TPSA) is 69.6 Å². The van der Waals surface area contributed by atoms with Crippen LogP contribution in [0.2, 0.25) is 0 Å². The SMILES string of the molecule is CC(C)(C)C(CCO)NCCCC(=O)O. The molecule has 0 aliphatic heterocycles. The number of hydrogen-bond acceptors (Lipinski definition) is 3. The minimum absolute atomic E-state index is 0.0892. The number of carbonyl (C=O) groups is 1. The first kappa shape index (κ1) is 14.4. The standard InChI is InChI=1S/C11H23NO3/c1-11(2,3)9(6-8-13)12-7-4-5-10(14)15/h9,12-13H,4-8H2,1-3H3,(H,14,15). The van der Waals surface area contributed by atoms with Crippen molar-refractivity contribution in [1.29, 1.82) is 0 Å². The maximum atomic E-state index is 10.3. The molecule has 1 unspecified atom stereocenters. The number of aliphatic hydroxyl groups is 1.